The van der Waals surface area contributed by atoms with Gasteiger partial charge < -0.3 is 0 Å². The molecule has 0 unspecified atom stereocenters. The molecule has 0 aliphatic rings. The van der Waals surface area contributed by atoms with Gasteiger partial charge in [0.25, 0.3) is 0 Å². The van der Waals surface area contributed by atoms with Crippen LogP contribution in [-0.4, -0.2) is 35.0 Å². The molecule has 8 radical (unpaired) electrons. The van der Waals surface area contributed by atoms with Crippen LogP contribution in [-0.2, 0) is 33.6 Å². The summed E-state index contributed by atoms with van der Waals surface area (Å²) in [6, 6.07) is 0. The van der Waals surface area contributed by atoms with Gasteiger partial charge in [-0.05, 0) is 0 Å². The molecular formula is AlCuGeNi. The smallest absolute Gasteiger partial charge is 0 e. The van der Waals surface area contributed by atoms with Crippen LogP contribution in [0.25, 0.3) is 0 Å². The number of hydrogen-bond acceptors (Lipinski definition) is 0. The third-order valence-electron chi connectivity index (χ3n) is 0. The van der Waals surface area contributed by atoms with Crippen molar-refractivity contribution in [2.75, 3.05) is 0 Å². The average Bonchev–Trinajstić information content (AvgIpc) is 0. The largest absolute Gasteiger partial charge is 0 e. The zero-order chi connectivity index (χ0) is 0. The summed E-state index contributed by atoms with van der Waals surface area (Å²) in [5.74, 6) is 0. The summed E-state index contributed by atoms with van der Waals surface area (Å²) >= 11 is 0. The Kier molecular flexibility index (Phi) is 176. The molecule has 0 fully saturated rings. The molecule has 0 aromatic rings. The van der Waals surface area contributed by atoms with Gasteiger partial charge in [0.15, 0.2) is 0 Å². The van der Waals surface area contributed by atoms with Gasteiger partial charge in [0.1, 0.15) is 0 Å². The SMILES string of the molecule is [Al].[Cu].[Ge].[Ni]. The Labute approximate surface area is 68.0 Å². The van der Waals surface area contributed by atoms with Crippen molar-refractivity contribution < 1.29 is 33.6 Å². The molecule has 0 saturated heterocycles. The van der Waals surface area contributed by atoms with Crippen LogP contribution in [0.5, 0.6) is 0 Å². The van der Waals surface area contributed by atoms with E-state index in [0.717, 1.165) is 0 Å². The normalized spacial score (nSPS) is 0. The van der Waals surface area contributed by atoms with E-state index in [1.807, 2.05) is 0 Å². The van der Waals surface area contributed by atoms with Crippen molar-refractivity contribution >= 4 is 35.0 Å². The molecule has 28 valence electrons. The van der Waals surface area contributed by atoms with Gasteiger partial charge in [-0.15, -0.1) is 0 Å². The van der Waals surface area contributed by atoms with Gasteiger partial charge in [0.2, 0.25) is 0 Å². The molecule has 0 bridgehead atoms. The summed E-state index contributed by atoms with van der Waals surface area (Å²) in [6.45, 7) is 0. The van der Waals surface area contributed by atoms with E-state index in [1.54, 1.807) is 0 Å². The molecule has 4 heavy (non-hydrogen) atoms. The maximum Gasteiger partial charge on any atom is 0 e. The zero-order valence-electron chi connectivity index (χ0n) is 1.70. The van der Waals surface area contributed by atoms with E-state index < -0.39 is 0 Å². The first-order chi connectivity index (χ1) is 0. The first-order valence-corrected chi connectivity index (χ1v) is 0. The van der Waals surface area contributed by atoms with E-state index in [4.69, 9.17) is 0 Å². The molecule has 0 N–H and O–H groups in total. The van der Waals surface area contributed by atoms with Crippen molar-refractivity contribution in [3.05, 3.63) is 0 Å². The Balaban J connectivity index is 0. The molecule has 0 rings (SSSR count). The average molecular weight is 222 g/mol. The van der Waals surface area contributed by atoms with Gasteiger partial charge in [0, 0.05) is 68.5 Å². The third kappa shape index (κ3) is 8.94. The number of rotatable bonds is 0. The zero-order valence-corrected chi connectivity index (χ0v) is 6.88. The maximum atomic E-state index is 0. The first kappa shape index (κ1) is 36.1. The monoisotopic (exact) mass is 222 g/mol. The van der Waals surface area contributed by atoms with Crippen LogP contribution < -0.4 is 0 Å². The van der Waals surface area contributed by atoms with Gasteiger partial charge in [0.05, 0.1) is 0 Å². The van der Waals surface area contributed by atoms with Crippen molar-refractivity contribution in [3.63, 3.8) is 0 Å². The standard InChI is InChI=1S/Al.Cu.Ge.Ni. The molecule has 0 spiro atoms. The molecule has 0 aliphatic heterocycles. The van der Waals surface area contributed by atoms with Crippen LogP contribution in [0.3, 0.4) is 0 Å². The Bertz CT molecular complexity index is 8.00. The van der Waals surface area contributed by atoms with Crippen LogP contribution in [0.4, 0.5) is 0 Å². The van der Waals surface area contributed by atoms with Crippen LogP contribution in [0.1, 0.15) is 0 Å². The minimum absolute atomic E-state index is 0. The predicted molar refractivity (Wildman–Crippen MR) is 11.5 cm³/mol. The van der Waals surface area contributed by atoms with Gasteiger partial charge in [-0.3, -0.25) is 0 Å². The fraction of sp³-hybridized carbons (Fsp3) is 0. The van der Waals surface area contributed by atoms with Crippen molar-refractivity contribution in [3.8, 4) is 0 Å². The van der Waals surface area contributed by atoms with Gasteiger partial charge in [-0.2, -0.15) is 0 Å². The molecule has 0 amide bonds. The molecule has 0 aromatic carbocycles. The molecule has 0 aromatic heterocycles. The molecule has 0 nitrogen and oxygen atoms in total. The fourth-order valence-corrected chi connectivity index (χ4v) is 0. The summed E-state index contributed by atoms with van der Waals surface area (Å²) in [5.41, 5.74) is 0. The summed E-state index contributed by atoms with van der Waals surface area (Å²) in [7, 11) is 0. The fourth-order valence-electron chi connectivity index (χ4n) is 0. The first-order valence-electron chi connectivity index (χ1n) is 0. The topological polar surface area (TPSA) is 0 Å². The second kappa shape index (κ2) is 19.5. The van der Waals surface area contributed by atoms with E-state index in [1.165, 1.54) is 0 Å². The van der Waals surface area contributed by atoms with Crippen molar-refractivity contribution in [2.24, 2.45) is 0 Å². The molecule has 0 saturated carbocycles. The molecule has 0 atom stereocenters. The van der Waals surface area contributed by atoms with Crippen LogP contribution in [0.2, 0.25) is 0 Å². The van der Waals surface area contributed by atoms with Crippen LogP contribution in [0.15, 0.2) is 0 Å². The summed E-state index contributed by atoms with van der Waals surface area (Å²) in [6.07, 6.45) is 0. The van der Waals surface area contributed by atoms with Crippen LogP contribution in [0, 0.1) is 0 Å². The number of hydrogen-bond donors (Lipinski definition) is 0. The van der Waals surface area contributed by atoms with Crippen molar-refractivity contribution in [1.29, 1.82) is 0 Å². The maximum absolute atomic E-state index is 0. The Morgan fingerprint density at radius 3 is 1.00 bits per heavy atom. The minimum atomic E-state index is 0. The van der Waals surface area contributed by atoms with Crippen molar-refractivity contribution in [1.82, 2.24) is 0 Å². The summed E-state index contributed by atoms with van der Waals surface area (Å²) < 4.78 is 0. The van der Waals surface area contributed by atoms with Crippen LogP contribution >= 0.6 is 0 Å². The van der Waals surface area contributed by atoms with E-state index in [-0.39, 0.29) is 68.5 Å². The second-order valence-corrected chi connectivity index (χ2v) is 0. The quantitative estimate of drug-likeness (QED) is 0.472. The third-order valence-corrected chi connectivity index (χ3v) is 0. The summed E-state index contributed by atoms with van der Waals surface area (Å²) in [5, 5.41) is 0. The molecular weight excluding hydrogens is 222 g/mol. The Hall–Kier alpha value is 2.09. The van der Waals surface area contributed by atoms with E-state index in [0.29, 0.717) is 0 Å². The van der Waals surface area contributed by atoms with Gasteiger partial charge in [-0.1, -0.05) is 0 Å². The Morgan fingerprint density at radius 2 is 1.00 bits per heavy atom. The second-order valence-electron chi connectivity index (χ2n) is 0. The minimum Gasteiger partial charge on any atom is 0 e. The van der Waals surface area contributed by atoms with Gasteiger partial charge >= 0.3 is 0 Å². The van der Waals surface area contributed by atoms with E-state index in [2.05, 4.69) is 0 Å². The summed E-state index contributed by atoms with van der Waals surface area (Å²) in [4.78, 5) is 0. The molecule has 0 aliphatic carbocycles. The van der Waals surface area contributed by atoms with E-state index in [9.17, 15) is 0 Å². The van der Waals surface area contributed by atoms with E-state index >= 15 is 0 Å². The predicted octanol–water partition coefficient (Wildman–Crippen LogP) is -0.767. The molecule has 0 heterocycles. The Morgan fingerprint density at radius 1 is 1.00 bits per heavy atom. The van der Waals surface area contributed by atoms with Gasteiger partial charge in [-0.25, -0.2) is 0 Å². The molecule has 4 heteroatoms. The van der Waals surface area contributed by atoms with Crippen molar-refractivity contribution in [2.45, 2.75) is 0 Å².